The standard InChI is InChI=1S/C38H34ClFN4O5S/c1-22-34(31(20-45)42-43(22)2)36-30(39)12-13-32-35(36)29(19-41)37(38(46)48-4)44(32)14-5-15-49-33-18-27(17-24-16-25(40)8-11-28(24)33)50-21-23-6-9-26(47-3)10-7-23/h6-13,16-18,45H,5,14-15,20-21H2,1-4H3. The number of halogens is 2. The van der Waals surface area contributed by atoms with Gasteiger partial charge in [-0.2, -0.15) is 10.4 Å². The second-order valence-electron chi connectivity index (χ2n) is 11.6. The van der Waals surface area contributed by atoms with Gasteiger partial charge in [0.05, 0.1) is 44.2 Å². The topological polar surface area (TPSA) is 112 Å². The fourth-order valence-corrected chi connectivity index (χ4v) is 7.38. The van der Waals surface area contributed by atoms with E-state index in [0.29, 0.717) is 57.2 Å². The van der Waals surface area contributed by atoms with Crippen molar-refractivity contribution < 1.29 is 28.5 Å². The maximum absolute atomic E-state index is 14.3. The summed E-state index contributed by atoms with van der Waals surface area (Å²) >= 11 is 8.40. The number of aromatic nitrogens is 3. The zero-order chi connectivity index (χ0) is 35.5. The maximum atomic E-state index is 14.3. The van der Waals surface area contributed by atoms with Crippen molar-refractivity contribution in [2.24, 2.45) is 7.05 Å². The van der Waals surface area contributed by atoms with Gasteiger partial charge in [-0.05, 0) is 78.9 Å². The van der Waals surface area contributed by atoms with E-state index < -0.39 is 5.97 Å². The predicted molar refractivity (Wildman–Crippen MR) is 192 cm³/mol. The van der Waals surface area contributed by atoms with Crippen molar-refractivity contribution in [1.29, 1.82) is 5.26 Å². The fourth-order valence-electron chi connectivity index (χ4n) is 6.20. The lowest BCUT2D eigenvalue weighted by Gasteiger charge is -2.14. The molecule has 0 unspecified atom stereocenters. The molecule has 2 aromatic heterocycles. The number of hydrogen-bond donors (Lipinski definition) is 1. The third kappa shape index (κ3) is 6.62. The Kier molecular flexibility index (Phi) is 10.3. The maximum Gasteiger partial charge on any atom is 0.356 e. The summed E-state index contributed by atoms with van der Waals surface area (Å²) in [5.74, 6) is 1.10. The molecular formula is C38H34ClFN4O5S. The van der Waals surface area contributed by atoms with E-state index in [4.69, 9.17) is 25.8 Å². The van der Waals surface area contributed by atoms with E-state index in [-0.39, 0.29) is 30.3 Å². The number of hydrogen-bond acceptors (Lipinski definition) is 8. The third-order valence-corrected chi connectivity index (χ3v) is 10.0. The van der Waals surface area contributed by atoms with E-state index >= 15 is 0 Å². The van der Waals surface area contributed by atoms with Crippen molar-refractivity contribution in [2.75, 3.05) is 20.8 Å². The number of ether oxygens (including phenoxy) is 3. The Morgan fingerprint density at radius 2 is 1.86 bits per heavy atom. The minimum Gasteiger partial charge on any atom is -0.497 e. The fraction of sp³-hybridized carbons (Fsp3) is 0.237. The quantitative estimate of drug-likeness (QED) is 0.0768. The summed E-state index contributed by atoms with van der Waals surface area (Å²) in [5.41, 5.74) is 4.19. The smallest absolute Gasteiger partial charge is 0.356 e. The highest BCUT2D eigenvalue weighted by atomic mass is 35.5. The van der Waals surface area contributed by atoms with Gasteiger partial charge in [0.2, 0.25) is 0 Å². The molecule has 0 saturated heterocycles. The SMILES string of the molecule is COC(=O)c1c(C#N)c2c(-c3c(CO)nn(C)c3C)c(Cl)ccc2n1CCCOc1cc(SCc2ccc(OC)cc2)cc2cc(F)ccc12. The lowest BCUT2D eigenvalue weighted by Crippen LogP contribution is -2.14. The zero-order valence-corrected chi connectivity index (χ0v) is 29.5. The van der Waals surface area contributed by atoms with Gasteiger partial charge in [-0.1, -0.05) is 23.7 Å². The van der Waals surface area contributed by atoms with Gasteiger partial charge in [-0.25, -0.2) is 9.18 Å². The molecule has 50 heavy (non-hydrogen) atoms. The summed E-state index contributed by atoms with van der Waals surface area (Å²) in [6, 6.07) is 22.1. The molecule has 9 nitrogen and oxygen atoms in total. The average molecular weight is 713 g/mol. The number of nitrogens with zero attached hydrogens (tertiary/aromatic N) is 4. The molecule has 0 spiro atoms. The zero-order valence-electron chi connectivity index (χ0n) is 27.9. The molecule has 256 valence electrons. The van der Waals surface area contributed by atoms with Crippen molar-refractivity contribution in [3.63, 3.8) is 0 Å². The first-order valence-electron chi connectivity index (χ1n) is 15.8. The van der Waals surface area contributed by atoms with Gasteiger partial charge in [0.15, 0.2) is 0 Å². The van der Waals surface area contributed by atoms with Crippen LogP contribution in [0.25, 0.3) is 32.8 Å². The molecule has 0 radical (unpaired) electrons. The van der Waals surface area contributed by atoms with E-state index in [1.807, 2.05) is 43.3 Å². The van der Waals surface area contributed by atoms with Crippen LogP contribution in [0.4, 0.5) is 4.39 Å². The molecule has 0 amide bonds. The monoisotopic (exact) mass is 712 g/mol. The summed E-state index contributed by atoms with van der Waals surface area (Å²) in [5, 5.41) is 27.3. The predicted octanol–water partition coefficient (Wildman–Crippen LogP) is 8.22. The molecule has 2 heterocycles. The Labute approximate surface area is 297 Å². The van der Waals surface area contributed by atoms with Crippen LogP contribution in [0.3, 0.4) is 0 Å². The number of nitriles is 1. The van der Waals surface area contributed by atoms with Crippen molar-refractivity contribution in [3.05, 3.63) is 106 Å². The molecule has 6 rings (SSSR count). The molecule has 6 aromatic rings. The Hall–Kier alpha value is -5.02. The lowest BCUT2D eigenvalue weighted by molar-refractivity contribution is 0.0588. The second-order valence-corrected chi connectivity index (χ2v) is 13.1. The normalized spacial score (nSPS) is 11.2. The summed E-state index contributed by atoms with van der Waals surface area (Å²) in [7, 11) is 4.66. The summed E-state index contributed by atoms with van der Waals surface area (Å²) < 4.78 is 34.4. The highest BCUT2D eigenvalue weighted by Gasteiger charge is 2.29. The van der Waals surface area contributed by atoms with Gasteiger partial charge in [0.1, 0.15) is 29.1 Å². The third-order valence-electron chi connectivity index (χ3n) is 8.68. The molecule has 0 aliphatic rings. The summed E-state index contributed by atoms with van der Waals surface area (Å²) in [6.45, 7) is 2.08. The molecule has 0 aliphatic carbocycles. The Bertz CT molecular complexity index is 2280. The number of methoxy groups -OCH3 is 2. The molecule has 12 heteroatoms. The minimum absolute atomic E-state index is 0.0958. The Morgan fingerprint density at radius 1 is 1.08 bits per heavy atom. The van der Waals surface area contributed by atoms with Crippen LogP contribution >= 0.6 is 23.4 Å². The highest BCUT2D eigenvalue weighted by molar-refractivity contribution is 7.98. The number of rotatable bonds is 12. The van der Waals surface area contributed by atoms with Gasteiger partial charge in [-0.15, -0.1) is 11.8 Å². The van der Waals surface area contributed by atoms with Crippen LogP contribution in [-0.2, 0) is 30.7 Å². The van der Waals surface area contributed by atoms with Gasteiger partial charge >= 0.3 is 5.97 Å². The highest BCUT2D eigenvalue weighted by Crippen LogP contribution is 2.42. The van der Waals surface area contributed by atoms with Crippen LogP contribution in [0, 0.1) is 24.1 Å². The van der Waals surface area contributed by atoms with E-state index in [0.717, 1.165) is 32.7 Å². The van der Waals surface area contributed by atoms with E-state index in [1.165, 1.54) is 19.2 Å². The van der Waals surface area contributed by atoms with E-state index in [2.05, 4.69) is 11.2 Å². The number of fused-ring (bicyclic) bond motifs is 2. The average Bonchev–Trinajstić information content (AvgIpc) is 3.60. The second kappa shape index (κ2) is 14.8. The number of carbonyl (C=O) groups is 1. The van der Waals surface area contributed by atoms with Crippen molar-refractivity contribution in [1.82, 2.24) is 14.3 Å². The van der Waals surface area contributed by atoms with Crippen LogP contribution in [-0.4, -0.2) is 46.2 Å². The molecule has 0 bridgehead atoms. The number of benzene rings is 4. The molecule has 0 fully saturated rings. The first-order valence-corrected chi connectivity index (χ1v) is 17.1. The number of aliphatic hydroxyl groups is 1. The Balaban J connectivity index is 1.31. The van der Waals surface area contributed by atoms with Crippen molar-refractivity contribution >= 4 is 51.0 Å². The molecular weight excluding hydrogens is 679 g/mol. The Morgan fingerprint density at radius 3 is 2.56 bits per heavy atom. The van der Waals surface area contributed by atoms with Crippen LogP contribution in [0.1, 0.15) is 39.4 Å². The minimum atomic E-state index is -0.666. The number of aryl methyl sites for hydroxylation is 2. The number of aliphatic hydroxyl groups excluding tert-OH is 1. The molecule has 1 N–H and O–H groups in total. The van der Waals surface area contributed by atoms with Gasteiger partial charge in [0.25, 0.3) is 0 Å². The van der Waals surface area contributed by atoms with Gasteiger partial charge in [-0.3, -0.25) is 4.68 Å². The van der Waals surface area contributed by atoms with Gasteiger partial charge in [0, 0.05) is 56.9 Å². The van der Waals surface area contributed by atoms with Crippen LogP contribution in [0.5, 0.6) is 11.5 Å². The largest absolute Gasteiger partial charge is 0.497 e. The van der Waals surface area contributed by atoms with Gasteiger partial charge < -0.3 is 23.9 Å². The van der Waals surface area contributed by atoms with Crippen molar-refractivity contribution in [3.8, 4) is 28.7 Å². The summed E-state index contributed by atoms with van der Waals surface area (Å²) in [6.07, 6.45) is 0.455. The molecule has 4 aromatic carbocycles. The first-order chi connectivity index (χ1) is 24.2. The van der Waals surface area contributed by atoms with Crippen molar-refractivity contribution in [2.45, 2.75) is 37.1 Å². The van der Waals surface area contributed by atoms with Crippen LogP contribution in [0.15, 0.2) is 71.6 Å². The summed E-state index contributed by atoms with van der Waals surface area (Å²) in [4.78, 5) is 14.1. The van der Waals surface area contributed by atoms with Crippen LogP contribution < -0.4 is 9.47 Å². The number of carbonyl (C=O) groups excluding carboxylic acids is 1. The first kappa shape index (κ1) is 34.8. The van der Waals surface area contributed by atoms with Crippen LogP contribution in [0.2, 0.25) is 5.02 Å². The lowest BCUT2D eigenvalue weighted by atomic mass is 9.97. The van der Waals surface area contributed by atoms with E-state index in [9.17, 15) is 19.6 Å². The molecule has 0 aliphatic heterocycles. The van der Waals surface area contributed by atoms with E-state index in [1.54, 1.807) is 53.4 Å². The number of thioether (sulfide) groups is 1. The molecule has 0 atom stereocenters. The molecule has 0 saturated carbocycles. The number of esters is 1.